The van der Waals surface area contributed by atoms with Gasteiger partial charge in [0.05, 0.1) is 18.7 Å². The van der Waals surface area contributed by atoms with Crippen LogP contribution >= 0.6 is 0 Å². The smallest absolute Gasteiger partial charge is 0.237 e. The van der Waals surface area contributed by atoms with Crippen molar-refractivity contribution in [3.8, 4) is 0 Å². The van der Waals surface area contributed by atoms with Crippen LogP contribution in [0, 0.1) is 5.92 Å². The highest BCUT2D eigenvalue weighted by Gasteiger charge is 2.20. The summed E-state index contributed by atoms with van der Waals surface area (Å²) < 4.78 is 5.29. The van der Waals surface area contributed by atoms with Crippen molar-refractivity contribution in [2.45, 2.75) is 45.2 Å². The summed E-state index contributed by atoms with van der Waals surface area (Å²) in [5.74, 6) is 0.410. The van der Waals surface area contributed by atoms with Gasteiger partial charge >= 0.3 is 0 Å². The summed E-state index contributed by atoms with van der Waals surface area (Å²) in [6.45, 7) is 5.57. The molecular formula is C11H22N2O2. The van der Waals surface area contributed by atoms with E-state index in [4.69, 9.17) is 10.5 Å². The number of nitrogens with two attached hydrogens (primary N) is 1. The zero-order valence-corrected chi connectivity index (χ0v) is 9.66. The van der Waals surface area contributed by atoms with Gasteiger partial charge in [0.2, 0.25) is 5.91 Å². The second kappa shape index (κ2) is 6.08. The summed E-state index contributed by atoms with van der Waals surface area (Å²) in [4.78, 5) is 11.7. The van der Waals surface area contributed by atoms with Gasteiger partial charge in [-0.3, -0.25) is 4.79 Å². The average Bonchev–Trinajstić information content (AvgIpc) is 2.18. The Morgan fingerprint density at radius 1 is 1.60 bits per heavy atom. The van der Waals surface area contributed by atoms with Crippen LogP contribution in [0.4, 0.5) is 0 Å². The van der Waals surface area contributed by atoms with Gasteiger partial charge in [0.1, 0.15) is 0 Å². The Kier molecular flexibility index (Phi) is 5.05. The maximum Gasteiger partial charge on any atom is 0.237 e. The van der Waals surface area contributed by atoms with Crippen LogP contribution in [0.2, 0.25) is 0 Å². The summed E-state index contributed by atoms with van der Waals surface area (Å²) in [6.07, 6.45) is 2.75. The molecule has 0 saturated carbocycles. The highest BCUT2D eigenvalue weighted by atomic mass is 16.5. The van der Waals surface area contributed by atoms with Crippen molar-refractivity contribution < 1.29 is 9.53 Å². The van der Waals surface area contributed by atoms with Crippen molar-refractivity contribution in [2.24, 2.45) is 11.7 Å². The van der Waals surface area contributed by atoms with Gasteiger partial charge in [-0.25, -0.2) is 0 Å². The van der Waals surface area contributed by atoms with E-state index in [0.29, 0.717) is 12.5 Å². The second-order valence-corrected chi connectivity index (χ2v) is 4.66. The Bertz CT molecular complexity index is 201. The number of nitrogens with one attached hydrogen (secondary N) is 1. The van der Waals surface area contributed by atoms with Gasteiger partial charge in [-0.05, 0) is 25.2 Å². The van der Waals surface area contributed by atoms with Crippen LogP contribution in [0.3, 0.4) is 0 Å². The van der Waals surface area contributed by atoms with Crippen LogP contribution in [0.5, 0.6) is 0 Å². The van der Waals surface area contributed by atoms with Crippen LogP contribution in [0.1, 0.15) is 33.1 Å². The molecule has 1 aliphatic heterocycles. The molecule has 1 unspecified atom stereocenters. The predicted molar refractivity (Wildman–Crippen MR) is 59.4 cm³/mol. The third kappa shape index (κ3) is 4.62. The molecule has 0 aromatic rings. The number of carbonyl (C=O) groups excluding carboxylic acids is 1. The highest BCUT2D eigenvalue weighted by Crippen LogP contribution is 2.07. The molecule has 1 amide bonds. The van der Waals surface area contributed by atoms with Crippen LogP contribution in [0.25, 0.3) is 0 Å². The fourth-order valence-electron chi connectivity index (χ4n) is 1.78. The van der Waals surface area contributed by atoms with Crippen LogP contribution in [-0.2, 0) is 9.53 Å². The van der Waals surface area contributed by atoms with Gasteiger partial charge in [0.25, 0.3) is 0 Å². The second-order valence-electron chi connectivity index (χ2n) is 4.66. The lowest BCUT2D eigenvalue weighted by atomic mass is 10.0. The quantitative estimate of drug-likeness (QED) is 0.722. The number of hydrogen-bond acceptors (Lipinski definition) is 3. The molecule has 15 heavy (non-hydrogen) atoms. The minimum absolute atomic E-state index is 0.0424. The molecule has 1 saturated heterocycles. The monoisotopic (exact) mass is 214 g/mol. The van der Waals surface area contributed by atoms with Gasteiger partial charge in [-0.2, -0.15) is 0 Å². The van der Waals surface area contributed by atoms with E-state index in [1.54, 1.807) is 0 Å². The SMILES string of the molecule is CC(C)C[C@H](N)C(=O)NC1CCCOC1. The molecule has 1 rings (SSSR count). The molecule has 0 aliphatic carbocycles. The Hall–Kier alpha value is -0.610. The van der Waals surface area contributed by atoms with Crippen LogP contribution < -0.4 is 11.1 Å². The van der Waals surface area contributed by atoms with E-state index in [0.717, 1.165) is 25.9 Å². The molecular weight excluding hydrogens is 192 g/mol. The van der Waals surface area contributed by atoms with E-state index in [1.165, 1.54) is 0 Å². The first-order valence-corrected chi connectivity index (χ1v) is 5.73. The lowest BCUT2D eigenvalue weighted by Crippen LogP contribution is -2.48. The molecule has 1 fully saturated rings. The largest absolute Gasteiger partial charge is 0.379 e. The van der Waals surface area contributed by atoms with E-state index in [1.807, 2.05) is 0 Å². The first kappa shape index (κ1) is 12.5. The Morgan fingerprint density at radius 3 is 2.87 bits per heavy atom. The molecule has 0 aromatic carbocycles. The normalized spacial score (nSPS) is 23.9. The van der Waals surface area contributed by atoms with Gasteiger partial charge in [0.15, 0.2) is 0 Å². The number of ether oxygens (including phenoxy) is 1. The first-order chi connectivity index (χ1) is 7.09. The first-order valence-electron chi connectivity index (χ1n) is 5.73. The number of hydrogen-bond donors (Lipinski definition) is 2. The Balaban J connectivity index is 2.27. The molecule has 2 atom stereocenters. The van der Waals surface area contributed by atoms with Crippen LogP contribution in [-0.4, -0.2) is 31.2 Å². The van der Waals surface area contributed by atoms with Crippen molar-refractivity contribution in [3.05, 3.63) is 0 Å². The van der Waals surface area contributed by atoms with Gasteiger partial charge in [-0.15, -0.1) is 0 Å². The fraction of sp³-hybridized carbons (Fsp3) is 0.909. The van der Waals surface area contributed by atoms with E-state index < -0.39 is 0 Å². The Labute approximate surface area is 91.5 Å². The molecule has 1 aliphatic rings. The van der Waals surface area contributed by atoms with Gasteiger partial charge < -0.3 is 15.8 Å². The van der Waals surface area contributed by atoms with Gasteiger partial charge in [0, 0.05) is 6.61 Å². The number of carbonyl (C=O) groups is 1. The molecule has 4 nitrogen and oxygen atoms in total. The lowest BCUT2D eigenvalue weighted by molar-refractivity contribution is -0.124. The molecule has 0 aromatic heterocycles. The van der Waals surface area contributed by atoms with Crippen molar-refractivity contribution in [1.29, 1.82) is 0 Å². The van der Waals surface area contributed by atoms with Gasteiger partial charge in [-0.1, -0.05) is 13.8 Å². The van der Waals surface area contributed by atoms with E-state index in [-0.39, 0.29) is 18.0 Å². The maximum atomic E-state index is 11.7. The summed E-state index contributed by atoms with van der Waals surface area (Å²) in [5, 5.41) is 2.94. The fourth-order valence-corrected chi connectivity index (χ4v) is 1.78. The zero-order valence-electron chi connectivity index (χ0n) is 9.66. The van der Waals surface area contributed by atoms with E-state index >= 15 is 0 Å². The molecule has 0 radical (unpaired) electrons. The van der Waals surface area contributed by atoms with E-state index in [9.17, 15) is 4.79 Å². The number of amides is 1. The van der Waals surface area contributed by atoms with Crippen molar-refractivity contribution >= 4 is 5.91 Å². The predicted octanol–water partition coefficient (Wildman–Crippen LogP) is 0.655. The summed E-state index contributed by atoms with van der Waals surface area (Å²) in [5.41, 5.74) is 5.78. The van der Waals surface area contributed by atoms with Crippen LogP contribution in [0.15, 0.2) is 0 Å². The van der Waals surface area contributed by atoms with Crippen molar-refractivity contribution in [2.75, 3.05) is 13.2 Å². The molecule has 88 valence electrons. The lowest BCUT2D eigenvalue weighted by Gasteiger charge is -2.25. The van der Waals surface area contributed by atoms with E-state index in [2.05, 4.69) is 19.2 Å². The van der Waals surface area contributed by atoms with Crippen molar-refractivity contribution in [1.82, 2.24) is 5.32 Å². The topological polar surface area (TPSA) is 64.4 Å². The molecule has 4 heteroatoms. The highest BCUT2D eigenvalue weighted by molar-refractivity contribution is 5.81. The average molecular weight is 214 g/mol. The minimum Gasteiger partial charge on any atom is -0.379 e. The third-order valence-corrected chi connectivity index (χ3v) is 2.57. The molecule has 3 N–H and O–H groups in total. The molecule has 0 spiro atoms. The third-order valence-electron chi connectivity index (χ3n) is 2.57. The standard InChI is InChI=1S/C11H22N2O2/c1-8(2)6-10(12)11(14)13-9-4-3-5-15-7-9/h8-10H,3-7,12H2,1-2H3,(H,13,14)/t9?,10-/m0/s1. The van der Waals surface area contributed by atoms with Crippen molar-refractivity contribution in [3.63, 3.8) is 0 Å². The molecule has 0 bridgehead atoms. The minimum atomic E-state index is -0.382. The summed E-state index contributed by atoms with van der Waals surface area (Å²) >= 11 is 0. The molecule has 1 heterocycles. The summed E-state index contributed by atoms with van der Waals surface area (Å²) in [6, 6.07) is -0.226. The Morgan fingerprint density at radius 2 is 2.33 bits per heavy atom. The summed E-state index contributed by atoms with van der Waals surface area (Å²) in [7, 11) is 0. The zero-order chi connectivity index (χ0) is 11.3. The number of rotatable bonds is 4. The maximum absolute atomic E-state index is 11.7.